The molecular weight excluding hydrogens is 264 g/mol. The molecule has 0 radical (unpaired) electrons. The molecule has 7 heteroatoms. The molecular formula is C12H16N4O2S. The summed E-state index contributed by atoms with van der Waals surface area (Å²) < 4.78 is 24.6. The van der Waals surface area contributed by atoms with Crippen molar-refractivity contribution in [2.45, 2.75) is 6.04 Å². The number of hydrogen-bond donors (Lipinski definition) is 1. The van der Waals surface area contributed by atoms with Crippen LogP contribution in [0.1, 0.15) is 11.7 Å². The molecule has 0 saturated heterocycles. The Balaban J connectivity index is 2.38. The van der Waals surface area contributed by atoms with Crippen LogP contribution in [0.4, 0.5) is 0 Å². The lowest BCUT2D eigenvalue weighted by Crippen LogP contribution is -2.26. The van der Waals surface area contributed by atoms with E-state index in [1.807, 2.05) is 30.3 Å². The van der Waals surface area contributed by atoms with Crippen molar-refractivity contribution in [3.8, 4) is 5.69 Å². The molecule has 1 unspecified atom stereocenters. The van der Waals surface area contributed by atoms with E-state index >= 15 is 0 Å². The van der Waals surface area contributed by atoms with Crippen LogP contribution in [0, 0.1) is 0 Å². The third-order valence-corrected chi connectivity index (χ3v) is 3.69. The van der Waals surface area contributed by atoms with Gasteiger partial charge in [-0.15, -0.1) is 5.10 Å². The molecule has 2 rings (SSSR count). The molecule has 1 atom stereocenters. The summed E-state index contributed by atoms with van der Waals surface area (Å²) in [7, 11) is -1.37. The Labute approximate surface area is 112 Å². The van der Waals surface area contributed by atoms with Gasteiger partial charge in [-0.1, -0.05) is 23.4 Å². The average molecular weight is 280 g/mol. The number of aromatic nitrogens is 3. The maximum absolute atomic E-state index is 11.5. The highest BCUT2D eigenvalue weighted by atomic mass is 32.2. The summed E-state index contributed by atoms with van der Waals surface area (Å²) in [6.45, 7) is 0. The zero-order chi connectivity index (χ0) is 13.9. The summed E-state index contributed by atoms with van der Waals surface area (Å²) in [6, 6.07) is 9.14. The molecule has 1 aromatic carbocycles. The zero-order valence-corrected chi connectivity index (χ0v) is 11.6. The number of hydrogen-bond acceptors (Lipinski definition) is 5. The predicted molar refractivity (Wildman–Crippen MR) is 72.9 cm³/mol. The van der Waals surface area contributed by atoms with Crippen molar-refractivity contribution in [3.05, 3.63) is 42.2 Å². The Morgan fingerprint density at radius 3 is 2.58 bits per heavy atom. The topological polar surface area (TPSA) is 76.9 Å². The first-order chi connectivity index (χ1) is 9.01. The van der Waals surface area contributed by atoms with Gasteiger partial charge in [0.05, 0.1) is 29.4 Å². The van der Waals surface area contributed by atoms with Crippen molar-refractivity contribution in [1.29, 1.82) is 0 Å². The maximum Gasteiger partial charge on any atom is 0.149 e. The highest BCUT2D eigenvalue weighted by Crippen LogP contribution is 2.17. The second kappa shape index (κ2) is 5.50. The lowest BCUT2D eigenvalue weighted by Gasteiger charge is -2.16. The standard InChI is InChI=1S/C12H16N4O2S/c1-13-11(9-19(2,17)18)12-8-14-15-16(12)10-6-4-3-5-7-10/h3-8,11,13H,9H2,1-2H3. The van der Waals surface area contributed by atoms with Crippen molar-refractivity contribution < 1.29 is 8.42 Å². The summed E-state index contributed by atoms with van der Waals surface area (Å²) in [5, 5.41) is 10.9. The number of para-hydroxylation sites is 1. The fourth-order valence-corrected chi connectivity index (χ4v) is 2.81. The van der Waals surface area contributed by atoms with E-state index in [9.17, 15) is 8.42 Å². The van der Waals surface area contributed by atoms with Gasteiger partial charge >= 0.3 is 0 Å². The average Bonchev–Trinajstić information content (AvgIpc) is 2.85. The van der Waals surface area contributed by atoms with Gasteiger partial charge in [-0.2, -0.15) is 0 Å². The molecule has 0 aliphatic carbocycles. The van der Waals surface area contributed by atoms with Gasteiger partial charge in [0.1, 0.15) is 9.84 Å². The normalized spacial score (nSPS) is 13.4. The molecule has 102 valence electrons. The van der Waals surface area contributed by atoms with Crippen molar-refractivity contribution >= 4 is 9.84 Å². The summed E-state index contributed by atoms with van der Waals surface area (Å²) >= 11 is 0. The minimum atomic E-state index is -3.09. The Hall–Kier alpha value is -1.73. The Morgan fingerprint density at radius 1 is 1.32 bits per heavy atom. The van der Waals surface area contributed by atoms with E-state index in [-0.39, 0.29) is 11.8 Å². The van der Waals surface area contributed by atoms with Crippen LogP contribution >= 0.6 is 0 Å². The zero-order valence-electron chi connectivity index (χ0n) is 10.8. The van der Waals surface area contributed by atoms with E-state index < -0.39 is 9.84 Å². The van der Waals surface area contributed by atoms with Gasteiger partial charge in [0.15, 0.2) is 0 Å². The molecule has 6 nitrogen and oxygen atoms in total. The molecule has 1 aromatic heterocycles. The Morgan fingerprint density at radius 2 is 2.00 bits per heavy atom. The minimum Gasteiger partial charge on any atom is -0.311 e. The van der Waals surface area contributed by atoms with E-state index in [4.69, 9.17) is 0 Å². The lowest BCUT2D eigenvalue weighted by atomic mass is 10.2. The molecule has 0 saturated carbocycles. The molecule has 0 amide bonds. The SMILES string of the molecule is CNC(CS(C)(=O)=O)c1cnnn1-c1ccccc1. The van der Waals surface area contributed by atoms with E-state index in [0.717, 1.165) is 11.4 Å². The van der Waals surface area contributed by atoms with Gasteiger partial charge in [0.2, 0.25) is 0 Å². The summed E-state index contributed by atoms with van der Waals surface area (Å²) in [5.74, 6) is 0.00368. The van der Waals surface area contributed by atoms with Crippen LogP contribution in [0.5, 0.6) is 0 Å². The van der Waals surface area contributed by atoms with Crippen LogP contribution in [0.15, 0.2) is 36.5 Å². The molecule has 1 heterocycles. The summed E-state index contributed by atoms with van der Waals surface area (Å²) in [6.07, 6.45) is 2.80. The largest absolute Gasteiger partial charge is 0.311 e. The fourth-order valence-electron chi connectivity index (χ4n) is 1.87. The predicted octanol–water partition coefficient (Wildman–Crippen LogP) is 0.572. The van der Waals surface area contributed by atoms with Crippen LogP contribution < -0.4 is 5.32 Å². The Kier molecular flexibility index (Phi) is 3.96. The van der Waals surface area contributed by atoms with Crippen molar-refractivity contribution in [3.63, 3.8) is 0 Å². The van der Waals surface area contributed by atoms with Crippen LogP contribution in [-0.2, 0) is 9.84 Å². The first-order valence-electron chi connectivity index (χ1n) is 5.82. The highest BCUT2D eigenvalue weighted by molar-refractivity contribution is 7.90. The summed E-state index contributed by atoms with van der Waals surface area (Å²) in [4.78, 5) is 0. The molecule has 0 aliphatic heterocycles. The third kappa shape index (κ3) is 3.39. The van der Waals surface area contributed by atoms with Gasteiger partial charge in [-0.3, -0.25) is 0 Å². The number of sulfone groups is 1. The minimum absolute atomic E-state index is 0.00368. The van der Waals surface area contributed by atoms with Crippen LogP contribution in [0.2, 0.25) is 0 Å². The van der Waals surface area contributed by atoms with Gasteiger partial charge in [0.25, 0.3) is 0 Å². The second-order valence-corrected chi connectivity index (χ2v) is 6.52. The fraction of sp³-hybridized carbons (Fsp3) is 0.333. The quantitative estimate of drug-likeness (QED) is 0.866. The first kappa shape index (κ1) is 13.7. The highest BCUT2D eigenvalue weighted by Gasteiger charge is 2.20. The number of nitrogens with zero attached hydrogens (tertiary/aromatic N) is 3. The summed E-state index contributed by atoms with van der Waals surface area (Å²) in [5.41, 5.74) is 1.57. The monoisotopic (exact) mass is 280 g/mol. The van der Waals surface area contributed by atoms with E-state index in [1.54, 1.807) is 17.9 Å². The molecule has 1 N–H and O–H groups in total. The van der Waals surface area contributed by atoms with E-state index in [2.05, 4.69) is 15.6 Å². The van der Waals surface area contributed by atoms with Crippen molar-refractivity contribution in [2.75, 3.05) is 19.1 Å². The smallest absolute Gasteiger partial charge is 0.149 e. The number of nitrogens with one attached hydrogen (secondary N) is 1. The van der Waals surface area contributed by atoms with Crippen LogP contribution in [-0.4, -0.2) is 42.5 Å². The molecule has 0 bridgehead atoms. The van der Waals surface area contributed by atoms with E-state index in [1.165, 1.54) is 6.26 Å². The van der Waals surface area contributed by atoms with Gasteiger partial charge in [-0.05, 0) is 19.2 Å². The molecule has 0 spiro atoms. The molecule has 2 aromatic rings. The molecule has 19 heavy (non-hydrogen) atoms. The lowest BCUT2D eigenvalue weighted by molar-refractivity contribution is 0.565. The number of rotatable bonds is 5. The van der Waals surface area contributed by atoms with Gasteiger partial charge < -0.3 is 5.32 Å². The van der Waals surface area contributed by atoms with Crippen LogP contribution in [0.25, 0.3) is 5.69 Å². The molecule has 0 aliphatic rings. The van der Waals surface area contributed by atoms with Crippen molar-refractivity contribution in [1.82, 2.24) is 20.3 Å². The third-order valence-electron chi connectivity index (χ3n) is 2.75. The van der Waals surface area contributed by atoms with Crippen LogP contribution in [0.3, 0.4) is 0 Å². The van der Waals surface area contributed by atoms with Crippen molar-refractivity contribution in [2.24, 2.45) is 0 Å². The van der Waals surface area contributed by atoms with Gasteiger partial charge in [0, 0.05) is 6.26 Å². The first-order valence-corrected chi connectivity index (χ1v) is 7.88. The maximum atomic E-state index is 11.5. The molecule has 0 fully saturated rings. The number of benzene rings is 1. The Bertz CT molecular complexity index is 637. The second-order valence-electron chi connectivity index (χ2n) is 4.34. The van der Waals surface area contributed by atoms with E-state index in [0.29, 0.717) is 0 Å². The van der Waals surface area contributed by atoms with Gasteiger partial charge in [-0.25, -0.2) is 13.1 Å².